The third-order valence-corrected chi connectivity index (χ3v) is 3.61. The zero-order chi connectivity index (χ0) is 14.2. The zero-order valence-corrected chi connectivity index (χ0v) is 13.1. The fourth-order valence-electron chi connectivity index (χ4n) is 2.32. The van der Waals surface area contributed by atoms with Crippen molar-refractivity contribution in [1.82, 2.24) is 5.32 Å². The number of hydrogen-bond donors (Lipinski definition) is 1. The predicted molar refractivity (Wildman–Crippen MR) is 77.6 cm³/mol. The van der Waals surface area contributed by atoms with E-state index in [1.807, 2.05) is 0 Å². The summed E-state index contributed by atoms with van der Waals surface area (Å²) in [6, 6.07) is 0. The van der Waals surface area contributed by atoms with Crippen LogP contribution in [0, 0.1) is 5.41 Å². The monoisotopic (exact) mass is 273 g/mol. The third-order valence-electron chi connectivity index (χ3n) is 3.61. The van der Waals surface area contributed by atoms with E-state index in [0.29, 0.717) is 18.6 Å². The average molecular weight is 273 g/mol. The van der Waals surface area contributed by atoms with Gasteiger partial charge >= 0.3 is 0 Å². The van der Waals surface area contributed by atoms with Crippen molar-refractivity contribution >= 4 is 0 Å². The molecule has 0 aromatic heterocycles. The second-order valence-corrected chi connectivity index (χ2v) is 6.61. The lowest BCUT2D eigenvalue weighted by Gasteiger charge is -2.32. The van der Waals surface area contributed by atoms with Crippen LogP contribution in [0.15, 0.2) is 0 Å². The van der Waals surface area contributed by atoms with Crippen LogP contribution in [0.25, 0.3) is 0 Å². The maximum atomic E-state index is 5.62. The summed E-state index contributed by atoms with van der Waals surface area (Å²) in [4.78, 5) is 0. The molecule has 0 saturated carbocycles. The fraction of sp³-hybridized carbons (Fsp3) is 1.00. The molecule has 19 heavy (non-hydrogen) atoms. The van der Waals surface area contributed by atoms with Crippen molar-refractivity contribution < 1.29 is 14.2 Å². The molecule has 0 aromatic carbocycles. The van der Waals surface area contributed by atoms with Gasteiger partial charge in [0.2, 0.25) is 0 Å². The van der Waals surface area contributed by atoms with E-state index in [9.17, 15) is 0 Å². The predicted octanol–water partition coefficient (Wildman–Crippen LogP) is 2.22. The van der Waals surface area contributed by atoms with Crippen molar-refractivity contribution in [3.8, 4) is 0 Å². The first kappa shape index (κ1) is 16.9. The van der Waals surface area contributed by atoms with E-state index in [1.54, 1.807) is 7.11 Å². The van der Waals surface area contributed by atoms with E-state index in [2.05, 4.69) is 26.1 Å². The van der Waals surface area contributed by atoms with Crippen molar-refractivity contribution in [3.63, 3.8) is 0 Å². The Morgan fingerprint density at radius 1 is 1.21 bits per heavy atom. The number of ether oxygens (including phenoxy) is 3. The highest BCUT2D eigenvalue weighted by atomic mass is 16.5. The molecule has 114 valence electrons. The van der Waals surface area contributed by atoms with Gasteiger partial charge in [0.25, 0.3) is 0 Å². The van der Waals surface area contributed by atoms with Gasteiger partial charge in [0.05, 0.1) is 19.8 Å². The lowest BCUT2D eigenvalue weighted by Crippen LogP contribution is -2.44. The van der Waals surface area contributed by atoms with Crippen molar-refractivity contribution in [2.24, 2.45) is 5.41 Å². The molecule has 1 fully saturated rings. The van der Waals surface area contributed by atoms with Gasteiger partial charge in [0.1, 0.15) is 0 Å². The molecule has 4 nitrogen and oxygen atoms in total. The maximum Gasteiger partial charge on any atom is 0.0700 e. The summed E-state index contributed by atoms with van der Waals surface area (Å²) < 4.78 is 16.1. The standard InChI is InChI=1S/C15H31NO3/c1-14(2,3)16-12-15(7-9-19-13-15)6-5-8-18-11-10-17-4/h16H,5-13H2,1-4H3. The third kappa shape index (κ3) is 7.25. The molecule has 0 radical (unpaired) electrons. The first-order valence-corrected chi connectivity index (χ1v) is 7.37. The highest BCUT2D eigenvalue weighted by Crippen LogP contribution is 2.33. The van der Waals surface area contributed by atoms with E-state index in [1.165, 1.54) is 6.42 Å². The van der Waals surface area contributed by atoms with Crippen LogP contribution in [-0.4, -0.2) is 52.2 Å². The molecule has 0 bridgehead atoms. The van der Waals surface area contributed by atoms with Crippen LogP contribution in [0.1, 0.15) is 40.0 Å². The van der Waals surface area contributed by atoms with Gasteiger partial charge in [-0.05, 0) is 40.0 Å². The number of nitrogens with one attached hydrogen (secondary N) is 1. The molecule has 1 aliphatic heterocycles. The molecule has 0 spiro atoms. The van der Waals surface area contributed by atoms with Crippen LogP contribution in [0.5, 0.6) is 0 Å². The molecule has 0 aliphatic carbocycles. The summed E-state index contributed by atoms with van der Waals surface area (Å²) in [7, 11) is 1.70. The summed E-state index contributed by atoms with van der Waals surface area (Å²) in [5, 5.41) is 3.63. The van der Waals surface area contributed by atoms with Crippen LogP contribution in [0.4, 0.5) is 0 Å². The molecule has 1 atom stereocenters. The Morgan fingerprint density at radius 2 is 2.00 bits per heavy atom. The largest absolute Gasteiger partial charge is 0.382 e. The summed E-state index contributed by atoms with van der Waals surface area (Å²) in [6.45, 7) is 11.7. The summed E-state index contributed by atoms with van der Waals surface area (Å²) in [6.07, 6.45) is 3.43. The normalized spacial score (nSPS) is 24.0. The smallest absolute Gasteiger partial charge is 0.0700 e. The van der Waals surface area contributed by atoms with Crippen LogP contribution < -0.4 is 5.32 Å². The Hall–Kier alpha value is -0.160. The Kier molecular flexibility index (Phi) is 7.29. The molecule has 1 saturated heterocycles. The highest BCUT2D eigenvalue weighted by Gasteiger charge is 2.35. The summed E-state index contributed by atoms with van der Waals surface area (Å²) in [5.74, 6) is 0. The average Bonchev–Trinajstić information content (AvgIpc) is 2.80. The highest BCUT2D eigenvalue weighted by molar-refractivity contribution is 4.87. The first-order chi connectivity index (χ1) is 8.97. The van der Waals surface area contributed by atoms with Crippen LogP contribution in [-0.2, 0) is 14.2 Å². The van der Waals surface area contributed by atoms with Gasteiger partial charge < -0.3 is 19.5 Å². The van der Waals surface area contributed by atoms with Crippen molar-refractivity contribution in [2.45, 2.75) is 45.6 Å². The van der Waals surface area contributed by atoms with Gasteiger partial charge in [-0.2, -0.15) is 0 Å². The van der Waals surface area contributed by atoms with E-state index in [4.69, 9.17) is 14.2 Å². The zero-order valence-electron chi connectivity index (χ0n) is 13.1. The second kappa shape index (κ2) is 8.20. The lowest BCUT2D eigenvalue weighted by molar-refractivity contribution is 0.0608. The van der Waals surface area contributed by atoms with Gasteiger partial charge in [-0.1, -0.05) is 0 Å². The molecule has 1 unspecified atom stereocenters. The van der Waals surface area contributed by atoms with Gasteiger partial charge in [-0.15, -0.1) is 0 Å². The molecule has 0 aromatic rings. The van der Waals surface area contributed by atoms with Gasteiger partial charge in [0.15, 0.2) is 0 Å². The molecular weight excluding hydrogens is 242 g/mol. The van der Waals surface area contributed by atoms with E-state index in [0.717, 1.165) is 39.2 Å². The second-order valence-electron chi connectivity index (χ2n) is 6.61. The minimum absolute atomic E-state index is 0.171. The molecule has 0 amide bonds. The van der Waals surface area contributed by atoms with Crippen molar-refractivity contribution in [2.75, 3.05) is 46.7 Å². The van der Waals surface area contributed by atoms with Gasteiger partial charge in [-0.25, -0.2) is 0 Å². The number of methoxy groups -OCH3 is 1. The molecule has 1 heterocycles. The Morgan fingerprint density at radius 3 is 2.58 bits per heavy atom. The van der Waals surface area contributed by atoms with Crippen LogP contribution >= 0.6 is 0 Å². The molecule has 1 aliphatic rings. The Balaban J connectivity index is 2.24. The van der Waals surface area contributed by atoms with Gasteiger partial charge in [-0.3, -0.25) is 0 Å². The van der Waals surface area contributed by atoms with E-state index >= 15 is 0 Å². The summed E-state index contributed by atoms with van der Waals surface area (Å²) in [5.41, 5.74) is 0.475. The molecule has 4 heteroatoms. The van der Waals surface area contributed by atoms with Crippen LogP contribution in [0.2, 0.25) is 0 Å². The molecule has 1 N–H and O–H groups in total. The lowest BCUT2D eigenvalue weighted by atomic mass is 9.82. The minimum Gasteiger partial charge on any atom is -0.382 e. The van der Waals surface area contributed by atoms with Crippen molar-refractivity contribution in [1.29, 1.82) is 0 Å². The maximum absolute atomic E-state index is 5.62. The van der Waals surface area contributed by atoms with Gasteiger partial charge in [0, 0.05) is 37.8 Å². The topological polar surface area (TPSA) is 39.7 Å². The minimum atomic E-state index is 0.171. The number of hydrogen-bond acceptors (Lipinski definition) is 4. The van der Waals surface area contributed by atoms with E-state index in [-0.39, 0.29) is 5.54 Å². The van der Waals surface area contributed by atoms with Crippen LogP contribution in [0.3, 0.4) is 0 Å². The first-order valence-electron chi connectivity index (χ1n) is 7.37. The van der Waals surface area contributed by atoms with E-state index < -0.39 is 0 Å². The fourth-order valence-corrected chi connectivity index (χ4v) is 2.32. The molecule has 1 rings (SSSR count). The summed E-state index contributed by atoms with van der Waals surface area (Å²) >= 11 is 0. The quantitative estimate of drug-likeness (QED) is 0.654. The van der Waals surface area contributed by atoms with Crippen molar-refractivity contribution in [3.05, 3.63) is 0 Å². The Bertz CT molecular complexity index is 232. The SMILES string of the molecule is COCCOCCCC1(CNC(C)(C)C)CCOC1. The number of rotatable bonds is 9. The Labute approximate surface area is 118 Å². The molecular formula is C15H31NO3.